The van der Waals surface area contributed by atoms with Crippen LogP contribution in [0.25, 0.3) is 0 Å². The Balaban J connectivity index is 2.21. The van der Waals surface area contributed by atoms with Crippen molar-refractivity contribution < 1.29 is 32.1 Å². The molecule has 0 amide bonds. The molecule has 0 spiro atoms. The highest BCUT2D eigenvalue weighted by Gasteiger charge is 2.41. The summed E-state index contributed by atoms with van der Waals surface area (Å²) in [5.74, 6) is -3.92. The number of aliphatic imine (C=N–C) groups is 1. The van der Waals surface area contributed by atoms with E-state index in [1.54, 1.807) is 12.1 Å². The van der Waals surface area contributed by atoms with Crippen LogP contribution in [0.2, 0.25) is 0 Å². The molecule has 0 aliphatic heterocycles. The Morgan fingerprint density at radius 2 is 1.92 bits per heavy atom. The van der Waals surface area contributed by atoms with E-state index in [1.807, 2.05) is 0 Å². The predicted molar refractivity (Wildman–Crippen MR) is 84.8 cm³/mol. The van der Waals surface area contributed by atoms with Crippen molar-refractivity contribution in [1.82, 2.24) is 0 Å². The van der Waals surface area contributed by atoms with Gasteiger partial charge in [-0.15, -0.1) is 0 Å². The summed E-state index contributed by atoms with van der Waals surface area (Å²) in [6.07, 6.45) is -2.54. The fraction of sp³-hybridized carbons (Fsp3) is 0.235. The fourth-order valence-corrected chi connectivity index (χ4v) is 1.82. The molecule has 2 aromatic carbocycles. The van der Waals surface area contributed by atoms with E-state index in [1.165, 1.54) is 43.7 Å². The molecule has 0 fully saturated rings. The van der Waals surface area contributed by atoms with Crippen molar-refractivity contribution >= 4 is 11.9 Å². The van der Waals surface area contributed by atoms with Gasteiger partial charge in [0.25, 0.3) is 0 Å². The molecule has 0 unspecified atom stereocenters. The van der Waals surface area contributed by atoms with Gasteiger partial charge in [0.15, 0.2) is 6.61 Å². The van der Waals surface area contributed by atoms with E-state index in [9.17, 15) is 22.7 Å². The molecule has 0 aliphatic rings. The zero-order valence-corrected chi connectivity index (χ0v) is 13.1. The maximum Gasteiger partial charge on any atom is 0.340 e. The topological polar surface area (TPSA) is 51.0 Å². The molecule has 134 valence electrons. The van der Waals surface area contributed by atoms with Crippen molar-refractivity contribution in [3.63, 3.8) is 0 Å². The van der Waals surface area contributed by atoms with E-state index < -0.39 is 19.0 Å². The first-order valence-corrected chi connectivity index (χ1v) is 7.12. The first kappa shape index (κ1) is 18.6. The van der Waals surface area contributed by atoms with E-state index in [2.05, 4.69) is 4.99 Å². The lowest BCUT2D eigenvalue weighted by atomic mass is 10.2. The summed E-state index contributed by atoms with van der Waals surface area (Å²) in [5.41, 5.74) is 0.474. The molecule has 0 aliphatic carbocycles. The second-order valence-electron chi connectivity index (χ2n) is 5.00. The quantitative estimate of drug-likeness (QED) is 0.589. The highest BCUT2D eigenvalue weighted by molar-refractivity contribution is 5.86. The number of para-hydroxylation sites is 2. The highest BCUT2D eigenvalue weighted by atomic mass is 19.3. The average Bonchev–Trinajstić information content (AvgIpc) is 2.60. The highest BCUT2D eigenvalue weighted by Crippen LogP contribution is 2.31. The summed E-state index contributed by atoms with van der Waals surface area (Å²) in [7, 11) is 1.46. The molecule has 0 aromatic heterocycles. The number of rotatable bonds is 7. The van der Waals surface area contributed by atoms with Crippen LogP contribution in [0.1, 0.15) is 5.56 Å². The summed E-state index contributed by atoms with van der Waals surface area (Å²) < 4.78 is 60.2. The van der Waals surface area contributed by atoms with Gasteiger partial charge in [-0.3, -0.25) is 4.99 Å². The number of halogens is 4. The zero-order valence-electron chi connectivity index (χ0n) is 13.1. The van der Waals surface area contributed by atoms with Gasteiger partial charge in [-0.2, -0.15) is 8.78 Å². The average molecular weight is 357 g/mol. The van der Waals surface area contributed by atoms with Gasteiger partial charge in [0.05, 0.1) is 7.11 Å². The molecule has 0 bridgehead atoms. The monoisotopic (exact) mass is 357 g/mol. The lowest BCUT2D eigenvalue weighted by molar-refractivity contribution is -0.148. The molecule has 0 radical (unpaired) electrons. The van der Waals surface area contributed by atoms with Crippen molar-refractivity contribution in [3.8, 4) is 17.2 Å². The number of methoxy groups -OCH3 is 1. The van der Waals surface area contributed by atoms with Gasteiger partial charge in [-0.1, -0.05) is 12.1 Å². The van der Waals surface area contributed by atoms with Gasteiger partial charge in [0.1, 0.15) is 22.9 Å². The summed E-state index contributed by atoms with van der Waals surface area (Å²) in [6.45, 7) is -1.47. The Hall–Kier alpha value is -2.77. The number of hydrogen-bond donors (Lipinski definition) is 1. The lowest BCUT2D eigenvalue weighted by Crippen LogP contribution is -2.33. The van der Waals surface area contributed by atoms with Gasteiger partial charge in [-0.25, -0.2) is 8.78 Å². The van der Waals surface area contributed by atoms with E-state index >= 15 is 0 Å². The maximum atomic E-state index is 13.0. The molecule has 0 heterocycles. The molecule has 0 saturated heterocycles. The number of phenols is 1. The number of ether oxygens (including phenoxy) is 2. The van der Waals surface area contributed by atoms with E-state index in [0.717, 1.165) is 0 Å². The first-order valence-electron chi connectivity index (χ1n) is 7.12. The van der Waals surface area contributed by atoms with Crippen molar-refractivity contribution in [2.75, 3.05) is 13.7 Å². The molecular weight excluding hydrogens is 342 g/mol. The van der Waals surface area contributed by atoms with Crippen LogP contribution in [0, 0.1) is 0 Å². The number of hydrogen-bond acceptors (Lipinski definition) is 4. The number of nitrogens with zero attached hydrogens (tertiary/aromatic N) is 1. The van der Waals surface area contributed by atoms with Crippen LogP contribution in [-0.4, -0.2) is 37.4 Å². The Morgan fingerprint density at radius 3 is 2.60 bits per heavy atom. The largest absolute Gasteiger partial charge is 0.507 e. The summed E-state index contributed by atoms with van der Waals surface area (Å²) in [5, 5.41) is 9.79. The second kappa shape index (κ2) is 7.87. The Morgan fingerprint density at radius 1 is 1.20 bits per heavy atom. The number of alkyl halides is 4. The molecular formula is C17H15F4NO3. The molecule has 8 heteroatoms. The molecule has 4 nitrogen and oxygen atoms in total. The summed E-state index contributed by atoms with van der Waals surface area (Å²) in [6, 6.07) is 10.4. The molecule has 2 aromatic rings. The predicted octanol–water partition coefficient (Wildman–Crippen LogP) is 4.43. The molecule has 25 heavy (non-hydrogen) atoms. The SMILES string of the molecule is COc1ccc(O)c(C=Nc2ccccc2OCC(F)(F)C(F)F)c1. The van der Waals surface area contributed by atoms with Crippen molar-refractivity contribution in [1.29, 1.82) is 0 Å². The third-order valence-corrected chi connectivity index (χ3v) is 3.18. The second-order valence-corrected chi connectivity index (χ2v) is 5.00. The smallest absolute Gasteiger partial charge is 0.340 e. The van der Waals surface area contributed by atoms with Gasteiger partial charge >= 0.3 is 12.3 Å². The fourth-order valence-electron chi connectivity index (χ4n) is 1.82. The minimum absolute atomic E-state index is 0.0628. The summed E-state index contributed by atoms with van der Waals surface area (Å²) in [4.78, 5) is 4.06. The van der Waals surface area contributed by atoms with Gasteiger partial charge in [0.2, 0.25) is 0 Å². The molecule has 0 atom stereocenters. The molecule has 2 rings (SSSR count). The number of benzene rings is 2. The minimum Gasteiger partial charge on any atom is -0.507 e. The van der Waals surface area contributed by atoms with Crippen LogP contribution >= 0.6 is 0 Å². The van der Waals surface area contributed by atoms with Crippen LogP contribution in [0.3, 0.4) is 0 Å². The van der Waals surface area contributed by atoms with Gasteiger partial charge in [-0.05, 0) is 30.3 Å². The number of aromatic hydroxyl groups is 1. The van der Waals surface area contributed by atoms with Crippen LogP contribution in [0.4, 0.5) is 23.2 Å². The normalized spacial score (nSPS) is 11.9. The third kappa shape index (κ3) is 4.85. The van der Waals surface area contributed by atoms with Crippen LogP contribution in [0.15, 0.2) is 47.5 Å². The zero-order chi connectivity index (χ0) is 18.4. The molecule has 0 saturated carbocycles. The van der Waals surface area contributed by atoms with E-state index in [4.69, 9.17) is 9.47 Å². The van der Waals surface area contributed by atoms with E-state index in [0.29, 0.717) is 11.3 Å². The van der Waals surface area contributed by atoms with Crippen LogP contribution in [-0.2, 0) is 0 Å². The molecule has 1 N–H and O–H groups in total. The standard InChI is InChI=1S/C17H15F4NO3/c1-24-12-6-7-14(23)11(8-12)9-22-13-4-2-3-5-15(13)25-10-17(20,21)16(18)19/h2-9,16,23H,10H2,1H3. The van der Waals surface area contributed by atoms with Gasteiger partial charge in [0, 0.05) is 11.8 Å². The summed E-state index contributed by atoms with van der Waals surface area (Å²) >= 11 is 0. The Kier molecular flexibility index (Phi) is 5.84. The van der Waals surface area contributed by atoms with Crippen molar-refractivity contribution in [2.24, 2.45) is 4.99 Å². The Labute approximate surface area is 141 Å². The van der Waals surface area contributed by atoms with Crippen molar-refractivity contribution in [2.45, 2.75) is 12.3 Å². The Bertz CT molecular complexity index is 750. The number of phenolic OH excluding ortho intramolecular Hbond substituents is 1. The lowest BCUT2D eigenvalue weighted by Gasteiger charge is -2.16. The van der Waals surface area contributed by atoms with E-state index in [-0.39, 0.29) is 17.2 Å². The maximum absolute atomic E-state index is 13.0. The minimum atomic E-state index is -4.26. The van der Waals surface area contributed by atoms with Crippen molar-refractivity contribution in [3.05, 3.63) is 48.0 Å². The van der Waals surface area contributed by atoms with Gasteiger partial charge < -0.3 is 14.6 Å². The van der Waals surface area contributed by atoms with Crippen LogP contribution < -0.4 is 9.47 Å². The third-order valence-electron chi connectivity index (χ3n) is 3.18. The van der Waals surface area contributed by atoms with Crippen LogP contribution in [0.5, 0.6) is 17.2 Å². The first-order chi connectivity index (χ1) is 11.8.